The molecule has 1 aromatic rings. The lowest BCUT2D eigenvalue weighted by molar-refractivity contribution is 0.0935. The van der Waals surface area contributed by atoms with E-state index in [1.54, 1.807) is 12.1 Å². The van der Waals surface area contributed by atoms with Crippen LogP contribution in [0.3, 0.4) is 0 Å². The van der Waals surface area contributed by atoms with Crippen LogP contribution in [0.2, 0.25) is 0 Å². The molecule has 1 unspecified atom stereocenters. The zero-order chi connectivity index (χ0) is 11.7. The number of nitrogens with one attached hydrogen (secondary N) is 1. The summed E-state index contributed by atoms with van der Waals surface area (Å²) >= 11 is 3.18. The molecule has 0 heterocycles. The Kier molecular flexibility index (Phi) is 3.19. The highest BCUT2D eigenvalue weighted by Crippen LogP contribution is 2.32. The highest BCUT2D eigenvalue weighted by atomic mass is 79.9. The number of aromatic hydroxyl groups is 1. The van der Waals surface area contributed by atoms with Gasteiger partial charge in [0.05, 0.1) is 4.47 Å². The van der Waals surface area contributed by atoms with Gasteiger partial charge in [0.15, 0.2) is 0 Å². The summed E-state index contributed by atoms with van der Waals surface area (Å²) in [6.07, 6.45) is 2.40. The number of carbonyl (C=O) groups excluding carboxylic acids is 1. The van der Waals surface area contributed by atoms with E-state index >= 15 is 0 Å². The molecule has 1 atom stereocenters. The molecule has 3 nitrogen and oxygen atoms in total. The summed E-state index contributed by atoms with van der Waals surface area (Å²) in [7, 11) is 0. The maximum Gasteiger partial charge on any atom is 0.251 e. The van der Waals surface area contributed by atoms with E-state index in [-0.39, 0.29) is 17.7 Å². The first-order chi connectivity index (χ1) is 7.58. The van der Waals surface area contributed by atoms with Gasteiger partial charge >= 0.3 is 0 Å². The van der Waals surface area contributed by atoms with Crippen molar-refractivity contribution in [1.29, 1.82) is 0 Å². The second-order valence-corrected chi connectivity index (χ2v) is 5.12. The normalized spacial score (nSPS) is 16.9. The third-order valence-electron chi connectivity index (χ3n) is 2.90. The summed E-state index contributed by atoms with van der Waals surface area (Å²) < 4.78 is 0.597. The molecule has 1 amide bonds. The number of hydrogen-bond donors (Lipinski definition) is 2. The summed E-state index contributed by atoms with van der Waals surface area (Å²) in [5.74, 6) is 0.599. The lowest BCUT2D eigenvalue weighted by atomic mass is 10.1. The molecule has 4 heteroatoms. The van der Waals surface area contributed by atoms with Gasteiger partial charge in [0.25, 0.3) is 5.91 Å². The van der Waals surface area contributed by atoms with Crippen molar-refractivity contribution in [2.24, 2.45) is 5.92 Å². The van der Waals surface area contributed by atoms with Gasteiger partial charge in [-0.1, -0.05) is 0 Å². The van der Waals surface area contributed by atoms with Gasteiger partial charge < -0.3 is 10.4 Å². The summed E-state index contributed by atoms with van der Waals surface area (Å²) in [6, 6.07) is 5.06. The number of rotatable bonds is 3. The van der Waals surface area contributed by atoms with Crippen LogP contribution in [0.25, 0.3) is 0 Å². The standard InChI is InChI=1S/C12H14BrNO2/c1-7(8-2-3-8)14-12(16)9-4-5-10(13)11(15)6-9/h4-8,15H,2-3H2,1H3,(H,14,16). The van der Waals surface area contributed by atoms with Crippen molar-refractivity contribution in [3.8, 4) is 5.75 Å². The Labute approximate surface area is 103 Å². The van der Waals surface area contributed by atoms with Crippen molar-refractivity contribution in [1.82, 2.24) is 5.32 Å². The first-order valence-corrected chi connectivity index (χ1v) is 6.16. The molecule has 2 rings (SSSR count). The Morgan fingerprint density at radius 2 is 2.25 bits per heavy atom. The van der Waals surface area contributed by atoms with Crippen molar-refractivity contribution in [2.45, 2.75) is 25.8 Å². The van der Waals surface area contributed by atoms with Crippen LogP contribution >= 0.6 is 15.9 Å². The molecule has 0 saturated heterocycles. The number of carbonyl (C=O) groups is 1. The van der Waals surface area contributed by atoms with Gasteiger partial charge in [0, 0.05) is 11.6 Å². The van der Waals surface area contributed by atoms with Gasteiger partial charge in [-0.2, -0.15) is 0 Å². The fourth-order valence-electron chi connectivity index (χ4n) is 1.66. The van der Waals surface area contributed by atoms with E-state index in [0.29, 0.717) is 16.0 Å². The smallest absolute Gasteiger partial charge is 0.251 e. The SMILES string of the molecule is CC(NC(=O)c1ccc(Br)c(O)c1)C1CC1. The molecule has 0 spiro atoms. The lowest BCUT2D eigenvalue weighted by Crippen LogP contribution is -2.33. The Morgan fingerprint density at radius 1 is 1.56 bits per heavy atom. The van der Waals surface area contributed by atoms with E-state index < -0.39 is 0 Å². The molecule has 0 aliphatic heterocycles. The molecule has 0 aromatic heterocycles. The highest BCUT2D eigenvalue weighted by molar-refractivity contribution is 9.10. The minimum Gasteiger partial charge on any atom is -0.507 e. The summed E-state index contributed by atoms with van der Waals surface area (Å²) in [5.41, 5.74) is 0.494. The second kappa shape index (κ2) is 4.45. The average molecular weight is 284 g/mol. The zero-order valence-corrected chi connectivity index (χ0v) is 10.6. The van der Waals surface area contributed by atoms with Crippen molar-refractivity contribution < 1.29 is 9.90 Å². The molecule has 0 bridgehead atoms. The first kappa shape index (κ1) is 11.5. The number of phenolic OH excluding ortho intramolecular Hbond substituents is 1. The lowest BCUT2D eigenvalue weighted by Gasteiger charge is -2.12. The summed E-state index contributed by atoms with van der Waals surface area (Å²) in [6.45, 7) is 2.02. The summed E-state index contributed by atoms with van der Waals surface area (Å²) in [4.78, 5) is 11.8. The Morgan fingerprint density at radius 3 is 2.81 bits per heavy atom. The monoisotopic (exact) mass is 283 g/mol. The van der Waals surface area contributed by atoms with Crippen LogP contribution < -0.4 is 5.32 Å². The minimum atomic E-state index is -0.123. The molecule has 16 heavy (non-hydrogen) atoms. The number of hydrogen-bond acceptors (Lipinski definition) is 2. The maximum atomic E-state index is 11.8. The molecule has 1 aliphatic carbocycles. The van der Waals surface area contributed by atoms with Crippen molar-refractivity contribution in [3.63, 3.8) is 0 Å². The quantitative estimate of drug-likeness (QED) is 0.896. The Hall–Kier alpha value is -1.03. The van der Waals surface area contributed by atoms with Gasteiger partial charge in [-0.25, -0.2) is 0 Å². The second-order valence-electron chi connectivity index (χ2n) is 4.27. The fraction of sp³-hybridized carbons (Fsp3) is 0.417. The van der Waals surface area contributed by atoms with Crippen molar-refractivity contribution in [3.05, 3.63) is 28.2 Å². The molecular formula is C12H14BrNO2. The van der Waals surface area contributed by atoms with Gasteiger partial charge in [0.2, 0.25) is 0 Å². The first-order valence-electron chi connectivity index (χ1n) is 5.37. The zero-order valence-electron chi connectivity index (χ0n) is 9.03. The highest BCUT2D eigenvalue weighted by Gasteiger charge is 2.29. The van der Waals surface area contributed by atoms with E-state index in [2.05, 4.69) is 21.2 Å². The average Bonchev–Trinajstić information content (AvgIpc) is 3.05. The van der Waals surface area contributed by atoms with Crippen molar-refractivity contribution >= 4 is 21.8 Å². The van der Waals surface area contributed by atoms with E-state index in [1.807, 2.05) is 6.92 Å². The topological polar surface area (TPSA) is 49.3 Å². The van der Waals surface area contributed by atoms with Gasteiger partial charge in [-0.15, -0.1) is 0 Å². The summed E-state index contributed by atoms with van der Waals surface area (Å²) in [5, 5.41) is 12.4. The molecule has 1 aromatic carbocycles. The maximum absolute atomic E-state index is 11.8. The molecule has 86 valence electrons. The van der Waals surface area contributed by atoms with Crippen LogP contribution in [0.1, 0.15) is 30.1 Å². The number of phenols is 1. The van der Waals surface area contributed by atoms with Gasteiger partial charge in [0.1, 0.15) is 5.75 Å². The van der Waals surface area contributed by atoms with Crippen LogP contribution in [-0.2, 0) is 0 Å². The molecule has 0 radical (unpaired) electrons. The van der Waals surface area contributed by atoms with Crippen LogP contribution in [0, 0.1) is 5.92 Å². The molecular weight excluding hydrogens is 270 g/mol. The van der Waals surface area contributed by atoms with Crippen LogP contribution in [0.4, 0.5) is 0 Å². The minimum absolute atomic E-state index is 0.0896. The predicted molar refractivity (Wildman–Crippen MR) is 65.5 cm³/mol. The fourth-order valence-corrected chi connectivity index (χ4v) is 1.90. The Bertz CT molecular complexity index is 415. The predicted octanol–water partition coefficient (Wildman–Crippen LogP) is 2.68. The van der Waals surface area contributed by atoms with Crippen molar-refractivity contribution in [2.75, 3.05) is 0 Å². The number of halogens is 1. The molecule has 1 aliphatic rings. The van der Waals surface area contributed by atoms with Crippen LogP contribution in [0.15, 0.2) is 22.7 Å². The molecule has 1 saturated carbocycles. The van der Waals surface area contributed by atoms with E-state index in [0.717, 1.165) is 0 Å². The van der Waals surface area contributed by atoms with E-state index in [9.17, 15) is 9.90 Å². The number of benzene rings is 1. The number of amides is 1. The molecule has 2 N–H and O–H groups in total. The third kappa shape index (κ3) is 2.55. The van der Waals surface area contributed by atoms with Crippen LogP contribution in [0.5, 0.6) is 5.75 Å². The van der Waals surface area contributed by atoms with E-state index in [1.165, 1.54) is 18.9 Å². The van der Waals surface area contributed by atoms with Crippen LogP contribution in [-0.4, -0.2) is 17.1 Å². The van der Waals surface area contributed by atoms with Gasteiger partial charge in [-0.05, 0) is 59.8 Å². The van der Waals surface area contributed by atoms with E-state index in [4.69, 9.17) is 0 Å². The molecule has 1 fully saturated rings. The largest absolute Gasteiger partial charge is 0.507 e. The Balaban J connectivity index is 2.05. The third-order valence-corrected chi connectivity index (χ3v) is 3.57. The van der Waals surface area contributed by atoms with Gasteiger partial charge in [-0.3, -0.25) is 4.79 Å².